The molecule has 5 rings (SSSR count). The summed E-state index contributed by atoms with van der Waals surface area (Å²) in [6.45, 7) is 1.03. The fraction of sp³-hybridized carbons (Fsp3) is 0.560. The summed E-state index contributed by atoms with van der Waals surface area (Å²) in [7, 11) is 0. The van der Waals surface area contributed by atoms with Crippen LogP contribution >= 0.6 is 0 Å². The Hall–Kier alpha value is -2.56. The summed E-state index contributed by atoms with van der Waals surface area (Å²) in [5.74, 6) is -1.95. The van der Waals surface area contributed by atoms with E-state index in [0.717, 1.165) is 42.9 Å². The van der Waals surface area contributed by atoms with Crippen LogP contribution in [0, 0.1) is 0 Å². The van der Waals surface area contributed by atoms with E-state index in [1.165, 1.54) is 0 Å². The monoisotopic (exact) mass is 492 g/mol. The molecule has 1 aromatic carbocycles. The average molecular weight is 493 g/mol. The number of anilines is 1. The molecule has 10 heteroatoms. The Labute approximate surface area is 202 Å². The van der Waals surface area contributed by atoms with Gasteiger partial charge in [-0.15, -0.1) is 0 Å². The van der Waals surface area contributed by atoms with E-state index in [0.29, 0.717) is 36.6 Å². The molecule has 4 heterocycles. The number of aliphatic hydroxyl groups is 1. The molecule has 7 nitrogen and oxygen atoms in total. The first-order chi connectivity index (χ1) is 17.0. The lowest BCUT2D eigenvalue weighted by Gasteiger charge is -2.38. The van der Waals surface area contributed by atoms with Crippen molar-refractivity contribution in [2.45, 2.75) is 37.3 Å². The predicted molar refractivity (Wildman–Crippen MR) is 125 cm³/mol. The van der Waals surface area contributed by atoms with Crippen molar-refractivity contribution in [2.24, 2.45) is 0 Å². The zero-order valence-electron chi connectivity index (χ0n) is 19.6. The number of halogens is 3. The molecule has 3 aliphatic rings. The summed E-state index contributed by atoms with van der Waals surface area (Å²) in [4.78, 5) is 8.59. The number of benzene rings is 1. The van der Waals surface area contributed by atoms with E-state index in [2.05, 4.69) is 15.2 Å². The van der Waals surface area contributed by atoms with Gasteiger partial charge < -0.3 is 24.8 Å². The number of alkyl halides is 3. The first-order valence-electron chi connectivity index (χ1n) is 12.1. The Kier molecular flexibility index (Phi) is 7.04. The summed E-state index contributed by atoms with van der Waals surface area (Å²) in [6.07, 6.45) is 3.85. The molecule has 1 aromatic heterocycles. The minimum absolute atomic E-state index is 0.139. The number of hydrogen-bond acceptors (Lipinski definition) is 7. The molecule has 0 spiro atoms. The highest BCUT2D eigenvalue weighted by atomic mass is 19.3. The van der Waals surface area contributed by atoms with Gasteiger partial charge in [-0.2, -0.15) is 0 Å². The minimum Gasteiger partial charge on any atom is -0.454 e. The average Bonchev–Trinajstić information content (AvgIpc) is 3.50. The Morgan fingerprint density at radius 2 is 2.00 bits per heavy atom. The molecule has 2 N–H and O–H groups in total. The third kappa shape index (κ3) is 5.34. The maximum atomic E-state index is 14.2. The van der Waals surface area contributed by atoms with Crippen molar-refractivity contribution in [1.29, 1.82) is 0 Å². The number of aromatic nitrogens is 1. The van der Waals surface area contributed by atoms with Gasteiger partial charge in [0, 0.05) is 32.2 Å². The van der Waals surface area contributed by atoms with Gasteiger partial charge in [0.1, 0.15) is 6.61 Å². The zero-order valence-corrected chi connectivity index (χ0v) is 19.6. The van der Waals surface area contributed by atoms with Gasteiger partial charge in [0.05, 0.1) is 36.8 Å². The predicted octanol–water partition coefficient (Wildman–Crippen LogP) is 3.23. The molecule has 1 fully saturated rings. The third-order valence-corrected chi connectivity index (χ3v) is 6.95. The minimum atomic E-state index is -3.22. The van der Waals surface area contributed by atoms with Crippen molar-refractivity contribution in [1.82, 2.24) is 14.8 Å². The summed E-state index contributed by atoms with van der Waals surface area (Å²) in [5.41, 5.74) is 3.40. The molecule has 0 radical (unpaired) electrons. The van der Waals surface area contributed by atoms with Gasteiger partial charge in [-0.1, -0.05) is 0 Å². The van der Waals surface area contributed by atoms with Crippen LogP contribution in [0.1, 0.15) is 35.7 Å². The highest BCUT2D eigenvalue weighted by Crippen LogP contribution is 2.43. The van der Waals surface area contributed by atoms with E-state index < -0.39 is 25.1 Å². The van der Waals surface area contributed by atoms with Crippen LogP contribution in [0.5, 0.6) is 11.5 Å². The molecular weight excluding hydrogens is 461 g/mol. The first kappa shape index (κ1) is 24.1. The van der Waals surface area contributed by atoms with Gasteiger partial charge >= 0.3 is 0 Å². The second-order valence-corrected chi connectivity index (χ2v) is 9.49. The smallest absolute Gasteiger partial charge is 0.283 e. The van der Waals surface area contributed by atoms with Crippen molar-refractivity contribution in [3.63, 3.8) is 0 Å². The highest BCUT2D eigenvalue weighted by Gasteiger charge is 2.38. The largest absolute Gasteiger partial charge is 0.454 e. The Morgan fingerprint density at radius 1 is 1.17 bits per heavy atom. The maximum Gasteiger partial charge on any atom is 0.283 e. The van der Waals surface area contributed by atoms with Crippen molar-refractivity contribution < 1.29 is 27.8 Å². The number of pyridine rings is 1. The molecule has 2 atom stereocenters. The van der Waals surface area contributed by atoms with Crippen LogP contribution < -0.4 is 14.8 Å². The Balaban J connectivity index is 1.37. The van der Waals surface area contributed by atoms with E-state index >= 15 is 0 Å². The second-order valence-electron chi connectivity index (χ2n) is 9.49. The molecule has 0 saturated carbocycles. The van der Waals surface area contributed by atoms with Gasteiger partial charge in [-0.3, -0.25) is 14.3 Å². The lowest BCUT2D eigenvalue weighted by Crippen LogP contribution is -2.45. The molecule has 0 aliphatic carbocycles. The Morgan fingerprint density at radius 3 is 2.74 bits per heavy atom. The van der Waals surface area contributed by atoms with E-state index in [9.17, 15) is 18.3 Å². The standard InChI is InChI=1S/C25H31F3N4O3/c26-6-1-7-31-8-5-19(13-31)30-18-2-3-21(29-12-18)24-20-11-23-22(34-16-35-23)10-17(20)4-9-32(24)14-25(27,28)15-33/h2-3,10-12,19,24,30,33H,1,4-9,13-16H2. The van der Waals surface area contributed by atoms with Gasteiger partial charge in [-0.25, -0.2) is 8.78 Å². The van der Waals surface area contributed by atoms with Crippen molar-refractivity contribution in [3.8, 4) is 11.5 Å². The summed E-state index contributed by atoms with van der Waals surface area (Å²) < 4.78 is 52.0. The summed E-state index contributed by atoms with van der Waals surface area (Å²) in [6, 6.07) is 7.35. The molecule has 2 aromatic rings. The molecule has 35 heavy (non-hydrogen) atoms. The SMILES string of the molecule is OCC(F)(F)CN1CCc2cc3c(cc2C1c1ccc(NC2CCN(CCCF)C2)cn1)OCO3. The van der Waals surface area contributed by atoms with Gasteiger partial charge in [0.2, 0.25) is 6.79 Å². The number of nitrogens with zero attached hydrogens (tertiary/aromatic N) is 3. The molecule has 1 saturated heterocycles. The second kappa shape index (κ2) is 10.2. The molecule has 0 bridgehead atoms. The van der Waals surface area contributed by atoms with Crippen molar-refractivity contribution in [2.75, 3.05) is 58.1 Å². The van der Waals surface area contributed by atoms with Crippen LogP contribution in [0.4, 0.5) is 18.9 Å². The zero-order chi connectivity index (χ0) is 24.4. The number of ether oxygens (including phenoxy) is 2. The topological polar surface area (TPSA) is 70.1 Å². The van der Waals surface area contributed by atoms with E-state index in [1.807, 2.05) is 24.3 Å². The van der Waals surface area contributed by atoms with Crippen LogP contribution in [0.25, 0.3) is 0 Å². The molecule has 2 unspecified atom stereocenters. The lowest BCUT2D eigenvalue weighted by atomic mass is 9.89. The summed E-state index contributed by atoms with van der Waals surface area (Å²) >= 11 is 0. The molecule has 190 valence electrons. The maximum absolute atomic E-state index is 14.2. The number of hydrogen-bond donors (Lipinski definition) is 2. The normalized spacial score (nSPS) is 22.4. The number of likely N-dealkylation sites (tertiary alicyclic amines) is 1. The number of nitrogens with one attached hydrogen (secondary N) is 1. The third-order valence-electron chi connectivity index (χ3n) is 6.95. The van der Waals surface area contributed by atoms with Crippen LogP contribution in [0.3, 0.4) is 0 Å². The Bertz CT molecular complexity index is 1020. The van der Waals surface area contributed by atoms with Crippen LogP contribution in [-0.2, 0) is 6.42 Å². The molecule has 0 amide bonds. The van der Waals surface area contributed by atoms with E-state index in [-0.39, 0.29) is 19.5 Å². The van der Waals surface area contributed by atoms with Gasteiger partial charge in [0.25, 0.3) is 5.92 Å². The lowest BCUT2D eigenvalue weighted by molar-refractivity contribution is -0.0788. The molecular formula is C25H31F3N4O3. The van der Waals surface area contributed by atoms with Gasteiger partial charge in [0.15, 0.2) is 11.5 Å². The number of fused-ring (bicyclic) bond motifs is 2. The van der Waals surface area contributed by atoms with E-state index in [1.54, 1.807) is 11.1 Å². The van der Waals surface area contributed by atoms with E-state index in [4.69, 9.17) is 9.47 Å². The first-order valence-corrected chi connectivity index (χ1v) is 12.1. The van der Waals surface area contributed by atoms with Crippen molar-refractivity contribution in [3.05, 3.63) is 47.3 Å². The van der Waals surface area contributed by atoms with Crippen LogP contribution in [0.15, 0.2) is 30.5 Å². The van der Waals surface area contributed by atoms with Gasteiger partial charge in [-0.05, 0) is 54.7 Å². The molecule has 3 aliphatic heterocycles. The quantitative estimate of drug-likeness (QED) is 0.557. The number of rotatable bonds is 9. The fourth-order valence-corrected chi connectivity index (χ4v) is 5.25. The summed E-state index contributed by atoms with van der Waals surface area (Å²) in [5, 5.41) is 12.7. The highest BCUT2D eigenvalue weighted by molar-refractivity contribution is 5.53. The number of aliphatic hydroxyl groups excluding tert-OH is 1. The van der Waals surface area contributed by atoms with Crippen molar-refractivity contribution >= 4 is 5.69 Å². The van der Waals surface area contributed by atoms with Crippen LogP contribution in [0.2, 0.25) is 0 Å². The van der Waals surface area contributed by atoms with Crippen LogP contribution in [-0.4, -0.2) is 84.7 Å². The fourth-order valence-electron chi connectivity index (χ4n) is 5.25.